The van der Waals surface area contributed by atoms with E-state index in [1.54, 1.807) is 6.92 Å². The van der Waals surface area contributed by atoms with Crippen LogP contribution in [-0.2, 0) is 19.1 Å². The lowest BCUT2D eigenvalue weighted by molar-refractivity contribution is -0.955. The molecule has 5 unspecified atom stereocenters. The topological polar surface area (TPSA) is 113 Å². The molecule has 2 saturated heterocycles. The number of aliphatic hydroxyl groups excluding tert-OH is 1. The fourth-order valence-corrected chi connectivity index (χ4v) is 4.26. The summed E-state index contributed by atoms with van der Waals surface area (Å²) in [7, 11) is 1.87. The summed E-state index contributed by atoms with van der Waals surface area (Å²) in [5.74, 6) is -2.11. The van der Waals surface area contributed by atoms with Crippen LogP contribution in [0.4, 0.5) is 0 Å². The number of quaternary nitrogens is 1. The molecule has 0 aromatic carbocycles. The number of cyclic esters (lactones) is 1. The molecular formula is C19H28NO7+. The molecule has 0 amide bonds. The Balaban J connectivity index is 2.01. The maximum absolute atomic E-state index is 12.7. The highest BCUT2D eigenvalue weighted by Crippen LogP contribution is 2.45. The van der Waals surface area contributed by atoms with Crippen molar-refractivity contribution in [2.45, 2.75) is 44.1 Å². The number of carbonyl (C=O) groups is 2. The summed E-state index contributed by atoms with van der Waals surface area (Å²) in [6.45, 7) is 3.56. The number of hydrogen-bond donors (Lipinski definition) is 3. The first kappa shape index (κ1) is 20.0. The largest absolute Gasteiger partial charge is 0.459 e. The summed E-state index contributed by atoms with van der Waals surface area (Å²) in [6, 6.07) is 0. The first-order valence-corrected chi connectivity index (χ1v) is 9.23. The quantitative estimate of drug-likeness (QED) is 0.245. The Hall–Kier alpha value is -1.74. The van der Waals surface area contributed by atoms with E-state index in [-0.39, 0.29) is 29.7 Å². The molecule has 3 N–H and O–H groups in total. The van der Waals surface area contributed by atoms with Gasteiger partial charge in [-0.3, -0.25) is 4.48 Å². The molecule has 0 aliphatic carbocycles. The molecular weight excluding hydrogens is 354 g/mol. The standard InChI is InChI=1S/C19H28NO7/c1-12-10-13(6-9-21)16(22)27-15-5-8-20(3)7-4-14(19(15,20)25)11-26-17(23)18(12,2)24/h4,6,12,15,21,24-25H,5,7-11H2,1-3H3/q+1. The maximum Gasteiger partial charge on any atom is 0.338 e. The molecule has 5 atom stereocenters. The average Bonchev–Trinajstić information content (AvgIpc) is 3.00. The summed E-state index contributed by atoms with van der Waals surface area (Å²) in [6.07, 6.45) is 2.84. The second kappa shape index (κ2) is 6.70. The highest BCUT2D eigenvalue weighted by molar-refractivity contribution is 5.89. The van der Waals surface area contributed by atoms with Gasteiger partial charge in [-0.25, -0.2) is 9.59 Å². The minimum atomic E-state index is -1.83. The van der Waals surface area contributed by atoms with Gasteiger partial charge in [0.25, 0.3) is 5.72 Å². The molecule has 3 heterocycles. The van der Waals surface area contributed by atoms with E-state index >= 15 is 0 Å². The van der Waals surface area contributed by atoms with Crippen molar-refractivity contribution in [3.63, 3.8) is 0 Å². The second-order valence-corrected chi connectivity index (χ2v) is 8.18. The zero-order chi connectivity index (χ0) is 20.0. The van der Waals surface area contributed by atoms with Gasteiger partial charge in [0.2, 0.25) is 0 Å². The van der Waals surface area contributed by atoms with Gasteiger partial charge in [0.05, 0.1) is 25.8 Å². The van der Waals surface area contributed by atoms with Crippen LogP contribution in [0.2, 0.25) is 0 Å². The maximum atomic E-state index is 12.7. The van der Waals surface area contributed by atoms with Gasteiger partial charge in [0, 0.05) is 12.0 Å². The van der Waals surface area contributed by atoms with Crippen LogP contribution in [0.3, 0.4) is 0 Å². The zero-order valence-corrected chi connectivity index (χ0v) is 16.0. The Bertz CT molecular complexity index is 713. The van der Waals surface area contributed by atoms with Crippen LogP contribution in [0.25, 0.3) is 0 Å². The number of ether oxygens (including phenoxy) is 2. The van der Waals surface area contributed by atoms with Crippen LogP contribution in [0, 0.1) is 5.92 Å². The molecule has 8 heteroatoms. The van der Waals surface area contributed by atoms with E-state index in [1.165, 1.54) is 13.0 Å². The van der Waals surface area contributed by atoms with Gasteiger partial charge >= 0.3 is 11.9 Å². The third kappa shape index (κ3) is 3.00. The van der Waals surface area contributed by atoms with E-state index in [4.69, 9.17) is 9.47 Å². The normalized spacial score (nSPS) is 44.1. The Labute approximate surface area is 158 Å². The average molecular weight is 382 g/mol. The number of aliphatic hydroxyl groups is 3. The summed E-state index contributed by atoms with van der Waals surface area (Å²) in [5, 5.41) is 31.4. The van der Waals surface area contributed by atoms with Crippen LogP contribution in [0.15, 0.2) is 23.3 Å². The second-order valence-electron chi connectivity index (χ2n) is 8.18. The van der Waals surface area contributed by atoms with Gasteiger partial charge in [-0.1, -0.05) is 6.92 Å². The van der Waals surface area contributed by atoms with E-state index in [2.05, 4.69) is 0 Å². The SMILES string of the molecule is CC1CC(=CCO)C(=O)OC2CC[N+]3(C)CC=C(COC(=O)C1(C)O)C23O. The summed E-state index contributed by atoms with van der Waals surface area (Å²) in [4.78, 5) is 25.2. The van der Waals surface area contributed by atoms with Crippen LogP contribution in [-0.4, -0.2) is 82.5 Å². The molecule has 0 aromatic rings. The molecule has 150 valence electrons. The van der Waals surface area contributed by atoms with Gasteiger partial charge in [0.1, 0.15) is 13.2 Å². The van der Waals surface area contributed by atoms with Gasteiger partial charge in [-0.15, -0.1) is 0 Å². The van der Waals surface area contributed by atoms with Crippen LogP contribution in [0.5, 0.6) is 0 Å². The van der Waals surface area contributed by atoms with Crippen molar-refractivity contribution in [3.05, 3.63) is 23.3 Å². The number of nitrogens with zero attached hydrogens (tertiary/aromatic N) is 1. The van der Waals surface area contributed by atoms with Gasteiger partial charge in [-0.05, 0) is 31.4 Å². The van der Waals surface area contributed by atoms with Gasteiger partial charge < -0.3 is 24.8 Å². The minimum Gasteiger partial charge on any atom is -0.459 e. The molecule has 2 fully saturated rings. The van der Waals surface area contributed by atoms with Crippen LogP contribution in [0.1, 0.15) is 26.7 Å². The molecule has 0 radical (unpaired) electrons. The Morgan fingerprint density at radius 1 is 1.37 bits per heavy atom. The van der Waals surface area contributed by atoms with Crippen molar-refractivity contribution in [1.82, 2.24) is 0 Å². The lowest BCUT2D eigenvalue weighted by atomic mass is 9.85. The first-order chi connectivity index (χ1) is 12.6. The van der Waals surface area contributed by atoms with Crippen molar-refractivity contribution in [3.8, 4) is 0 Å². The number of rotatable bonds is 1. The molecule has 3 rings (SSSR count). The lowest BCUT2D eigenvalue weighted by Crippen LogP contribution is -2.61. The van der Waals surface area contributed by atoms with Crippen molar-refractivity contribution < 1.29 is 38.9 Å². The Kier molecular flexibility index (Phi) is 4.96. The van der Waals surface area contributed by atoms with Crippen LogP contribution >= 0.6 is 0 Å². The van der Waals surface area contributed by atoms with E-state index in [0.29, 0.717) is 25.1 Å². The lowest BCUT2D eigenvalue weighted by Gasteiger charge is -2.40. The first-order valence-electron chi connectivity index (χ1n) is 9.23. The Morgan fingerprint density at radius 2 is 2.07 bits per heavy atom. The van der Waals surface area contributed by atoms with E-state index < -0.39 is 35.3 Å². The number of hydrogen-bond acceptors (Lipinski definition) is 7. The fraction of sp³-hybridized carbons (Fsp3) is 0.684. The highest BCUT2D eigenvalue weighted by atomic mass is 16.6. The molecule has 8 nitrogen and oxygen atoms in total. The smallest absolute Gasteiger partial charge is 0.338 e. The van der Waals surface area contributed by atoms with E-state index in [1.807, 2.05) is 13.1 Å². The van der Waals surface area contributed by atoms with E-state index in [0.717, 1.165) is 0 Å². The van der Waals surface area contributed by atoms with Crippen molar-refractivity contribution >= 4 is 11.9 Å². The molecule has 0 aromatic heterocycles. The third-order valence-corrected chi connectivity index (χ3v) is 6.48. The van der Waals surface area contributed by atoms with Crippen LogP contribution < -0.4 is 0 Å². The molecule has 0 spiro atoms. The molecule has 0 saturated carbocycles. The van der Waals surface area contributed by atoms with Crippen molar-refractivity contribution in [2.24, 2.45) is 5.92 Å². The summed E-state index contributed by atoms with van der Waals surface area (Å²) in [5.41, 5.74) is -2.67. The number of esters is 2. The zero-order valence-electron chi connectivity index (χ0n) is 16.0. The molecule has 3 aliphatic rings. The monoisotopic (exact) mass is 382 g/mol. The van der Waals surface area contributed by atoms with Crippen molar-refractivity contribution in [1.29, 1.82) is 0 Å². The van der Waals surface area contributed by atoms with Gasteiger partial charge in [-0.2, -0.15) is 0 Å². The van der Waals surface area contributed by atoms with E-state index in [9.17, 15) is 24.9 Å². The predicted molar refractivity (Wildman–Crippen MR) is 94.0 cm³/mol. The predicted octanol–water partition coefficient (Wildman–Crippen LogP) is -0.370. The number of carbonyl (C=O) groups excluding carboxylic acids is 2. The fourth-order valence-electron chi connectivity index (χ4n) is 4.26. The summed E-state index contributed by atoms with van der Waals surface area (Å²) < 4.78 is 11.2. The van der Waals surface area contributed by atoms with Crippen molar-refractivity contribution in [2.75, 3.05) is 33.4 Å². The van der Waals surface area contributed by atoms with Gasteiger partial charge in [0.15, 0.2) is 11.7 Å². The Morgan fingerprint density at radius 3 is 2.74 bits per heavy atom. The minimum absolute atomic E-state index is 0.0292. The molecule has 27 heavy (non-hydrogen) atoms. The molecule has 0 bridgehead atoms. The third-order valence-electron chi connectivity index (χ3n) is 6.48. The summed E-state index contributed by atoms with van der Waals surface area (Å²) >= 11 is 0. The molecule has 3 aliphatic heterocycles. The number of likely N-dealkylation sites (N-methyl/N-ethyl adjacent to an activating group) is 1. The highest BCUT2D eigenvalue weighted by Gasteiger charge is 2.65.